The second kappa shape index (κ2) is 5.09. The SMILES string of the molecule is COc1ccc(-n2c(-c3nonc3N)nc3cnccc32)cc1. The summed E-state index contributed by atoms with van der Waals surface area (Å²) in [6.07, 6.45) is 3.39. The smallest absolute Gasteiger partial charge is 0.199 e. The Morgan fingerprint density at radius 3 is 2.65 bits per heavy atom. The first-order chi connectivity index (χ1) is 11.3. The van der Waals surface area contributed by atoms with Crippen LogP contribution in [-0.4, -0.2) is 32.0 Å². The molecule has 8 nitrogen and oxygen atoms in total. The van der Waals surface area contributed by atoms with E-state index in [0.717, 1.165) is 22.5 Å². The summed E-state index contributed by atoms with van der Waals surface area (Å²) in [5.41, 5.74) is 8.70. The fraction of sp³-hybridized carbons (Fsp3) is 0.0667. The third kappa shape index (κ3) is 2.08. The van der Waals surface area contributed by atoms with E-state index in [-0.39, 0.29) is 5.82 Å². The molecule has 2 N–H and O–H groups in total. The van der Waals surface area contributed by atoms with Crippen LogP contribution in [-0.2, 0) is 0 Å². The Bertz CT molecular complexity index is 973. The Morgan fingerprint density at radius 2 is 1.96 bits per heavy atom. The standard InChI is InChI=1S/C15H12N6O2/c1-22-10-4-2-9(3-5-10)21-12-6-7-17-8-11(12)18-15(21)13-14(16)20-23-19-13/h2-8H,1H3,(H2,16,20). The maximum atomic E-state index is 5.83. The van der Waals surface area contributed by atoms with E-state index in [1.807, 2.05) is 34.9 Å². The van der Waals surface area contributed by atoms with Crippen LogP contribution in [0.3, 0.4) is 0 Å². The highest BCUT2D eigenvalue weighted by molar-refractivity contribution is 5.83. The van der Waals surface area contributed by atoms with Crippen molar-refractivity contribution in [3.05, 3.63) is 42.7 Å². The van der Waals surface area contributed by atoms with Crippen LogP contribution in [0.25, 0.3) is 28.2 Å². The van der Waals surface area contributed by atoms with Gasteiger partial charge in [0.25, 0.3) is 0 Å². The van der Waals surface area contributed by atoms with Gasteiger partial charge in [-0.05, 0) is 40.6 Å². The Hall–Kier alpha value is -3.42. The number of fused-ring (bicyclic) bond motifs is 1. The van der Waals surface area contributed by atoms with Crippen molar-refractivity contribution in [2.75, 3.05) is 12.8 Å². The zero-order chi connectivity index (χ0) is 15.8. The topological polar surface area (TPSA) is 105 Å². The van der Waals surface area contributed by atoms with Gasteiger partial charge in [0.15, 0.2) is 17.3 Å². The van der Waals surface area contributed by atoms with Gasteiger partial charge < -0.3 is 10.5 Å². The van der Waals surface area contributed by atoms with Crippen LogP contribution in [0.5, 0.6) is 5.75 Å². The zero-order valence-corrected chi connectivity index (χ0v) is 12.2. The number of nitrogens with two attached hydrogens (primary N) is 1. The number of ether oxygens (including phenoxy) is 1. The maximum Gasteiger partial charge on any atom is 0.199 e. The summed E-state index contributed by atoms with van der Waals surface area (Å²) in [5, 5.41) is 7.49. The summed E-state index contributed by atoms with van der Waals surface area (Å²) < 4.78 is 11.8. The number of hydrogen-bond acceptors (Lipinski definition) is 7. The molecule has 4 aromatic rings. The molecule has 0 saturated heterocycles. The lowest BCUT2D eigenvalue weighted by molar-refractivity contribution is 0.310. The molecule has 1 aromatic carbocycles. The van der Waals surface area contributed by atoms with Gasteiger partial charge in [0.05, 0.1) is 18.8 Å². The minimum Gasteiger partial charge on any atom is -0.497 e. The van der Waals surface area contributed by atoms with Gasteiger partial charge in [-0.1, -0.05) is 0 Å². The highest BCUT2D eigenvalue weighted by Crippen LogP contribution is 2.30. The van der Waals surface area contributed by atoms with Gasteiger partial charge in [-0.3, -0.25) is 9.55 Å². The minimum absolute atomic E-state index is 0.183. The van der Waals surface area contributed by atoms with Gasteiger partial charge in [-0.2, -0.15) is 0 Å². The number of imidazole rings is 1. The van der Waals surface area contributed by atoms with E-state index in [1.165, 1.54) is 0 Å². The lowest BCUT2D eigenvalue weighted by Gasteiger charge is -2.08. The molecule has 0 aliphatic carbocycles. The third-order valence-electron chi connectivity index (χ3n) is 3.51. The number of methoxy groups -OCH3 is 1. The van der Waals surface area contributed by atoms with E-state index in [9.17, 15) is 0 Å². The molecule has 23 heavy (non-hydrogen) atoms. The molecule has 0 aliphatic rings. The molecule has 0 fully saturated rings. The van der Waals surface area contributed by atoms with Crippen molar-refractivity contribution in [3.63, 3.8) is 0 Å². The lowest BCUT2D eigenvalue weighted by atomic mass is 10.2. The number of aromatic nitrogens is 5. The number of pyridine rings is 1. The first kappa shape index (κ1) is 13.3. The first-order valence-electron chi connectivity index (χ1n) is 6.83. The van der Waals surface area contributed by atoms with Gasteiger partial charge in [-0.15, -0.1) is 0 Å². The van der Waals surface area contributed by atoms with Crippen molar-refractivity contribution in [1.29, 1.82) is 0 Å². The van der Waals surface area contributed by atoms with Crippen molar-refractivity contribution >= 4 is 16.9 Å². The number of nitrogens with zero attached hydrogens (tertiary/aromatic N) is 5. The van der Waals surface area contributed by atoms with Crippen LogP contribution < -0.4 is 10.5 Å². The van der Waals surface area contributed by atoms with Crippen LogP contribution in [0, 0.1) is 0 Å². The molecule has 0 unspecified atom stereocenters. The molecule has 0 bridgehead atoms. The highest BCUT2D eigenvalue weighted by atomic mass is 16.6. The minimum atomic E-state index is 0.183. The molecule has 4 rings (SSSR count). The van der Waals surface area contributed by atoms with E-state index >= 15 is 0 Å². The highest BCUT2D eigenvalue weighted by Gasteiger charge is 2.20. The Kier molecular flexibility index (Phi) is 2.94. The van der Waals surface area contributed by atoms with Gasteiger partial charge >= 0.3 is 0 Å². The van der Waals surface area contributed by atoms with E-state index in [2.05, 4.69) is 20.3 Å². The Labute approximate surface area is 130 Å². The number of hydrogen-bond donors (Lipinski definition) is 1. The second-order valence-corrected chi connectivity index (χ2v) is 4.83. The maximum absolute atomic E-state index is 5.83. The summed E-state index contributed by atoms with van der Waals surface area (Å²) in [6, 6.07) is 9.47. The number of anilines is 1. The molecule has 0 atom stereocenters. The largest absolute Gasteiger partial charge is 0.497 e. The molecular formula is C15H12N6O2. The molecule has 3 heterocycles. The van der Waals surface area contributed by atoms with Gasteiger partial charge in [0.2, 0.25) is 0 Å². The third-order valence-corrected chi connectivity index (χ3v) is 3.51. The normalized spacial score (nSPS) is 11.0. The second-order valence-electron chi connectivity index (χ2n) is 4.83. The van der Waals surface area contributed by atoms with Crippen LogP contribution in [0.1, 0.15) is 0 Å². The number of nitrogen functional groups attached to an aromatic ring is 1. The molecule has 0 amide bonds. The van der Waals surface area contributed by atoms with E-state index in [0.29, 0.717) is 11.5 Å². The van der Waals surface area contributed by atoms with E-state index in [4.69, 9.17) is 15.1 Å². The Morgan fingerprint density at radius 1 is 1.13 bits per heavy atom. The predicted molar refractivity (Wildman–Crippen MR) is 83.1 cm³/mol. The molecule has 0 saturated carbocycles. The van der Waals surface area contributed by atoms with Crippen molar-refractivity contribution < 1.29 is 9.37 Å². The molecular weight excluding hydrogens is 296 g/mol. The summed E-state index contributed by atoms with van der Waals surface area (Å²) in [5.74, 6) is 1.49. The molecule has 114 valence electrons. The van der Waals surface area contributed by atoms with E-state index in [1.54, 1.807) is 19.5 Å². The monoisotopic (exact) mass is 308 g/mol. The van der Waals surface area contributed by atoms with E-state index < -0.39 is 0 Å². The van der Waals surface area contributed by atoms with Crippen LogP contribution in [0.4, 0.5) is 5.82 Å². The lowest BCUT2D eigenvalue weighted by Crippen LogP contribution is -2.00. The summed E-state index contributed by atoms with van der Waals surface area (Å²) >= 11 is 0. The number of rotatable bonds is 3. The fourth-order valence-electron chi connectivity index (χ4n) is 2.43. The van der Waals surface area contributed by atoms with Crippen molar-refractivity contribution in [1.82, 2.24) is 24.8 Å². The average Bonchev–Trinajstić information content (AvgIpc) is 3.18. The van der Waals surface area contributed by atoms with Crippen molar-refractivity contribution in [2.45, 2.75) is 0 Å². The summed E-state index contributed by atoms with van der Waals surface area (Å²) in [4.78, 5) is 8.67. The van der Waals surface area contributed by atoms with Gasteiger partial charge in [0.1, 0.15) is 11.3 Å². The fourth-order valence-corrected chi connectivity index (χ4v) is 2.43. The number of benzene rings is 1. The molecule has 0 spiro atoms. The van der Waals surface area contributed by atoms with Crippen LogP contribution in [0.15, 0.2) is 47.4 Å². The summed E-state index contributed by atoms with van der Waals surface area (Å²) in [7, 11) is 1.63. The van der Waals surface area contributed by atoms with Gasteiger partial charge in [-0.25, -0.2) is 9.61 Å². The quantitative estimate of drug-likeness (QED) is 0.617. The zero-order valence-electron chi connectivity index (χ0n) is 12.2. The van der Waals surface area contributed by atoms with Crippen molar-refractivity contribution in [3.8, 4) is 23.0 Å². The summed E-state index contributed by atoms with van der Waals surface area (Å²) in [6.45, 7) is 0. The molecule has 0 aliphatic heterocycles. The van der Waals surface area contributed by atoms with Gasteiger partial charge in [0, 0.05) is 11.9 Å². The Balaban J connectivity index is 2.01. The molecule has 0 radical (unpaired) electrons. The first-order valence-corrected chi connectivity index (χ1v) is 6.83. The van der Waals surface area contributed by atoms with Crippen LogP contribution >= 0.6 is 0 Å². The van der Waals surface area contributed by atoms with Crippen LogP contribution in [0.2, 0.25) is 0 Å². The predicted octanol–water partition coefficient (Wildman–Crippen LogP) is 2.06. The molecule has 8 heteroatoms. The molecule has 3 aromatic heterocycles. The average molecular weight is 308 g/mol. The van der Waals surface area contributed by atoms with Crippen molar-refractivity contribution in [2.24, 2.45) is 0 Å².